The lowest BCUT2D eigenvalue weighted by Gasteiger charge is -2.38. The monoisotopic (exact) mass is 448 g/mol. The van der Waals surface area contributed by atoms with Crippen molar-refractivity contribution in [2.24, 2.45) is 0 Å². The average molecular weight is 449 g/mol. The summed E-state index contributed by atoms with van der Waals surface area (Å²) in [5.74, 6) is -1.33. The van der Waals surface area contributed by atoms with Gasteiger partial charge in [-0.3, -0.25) is 9.59 Å². The summed E-state index contributed by atoms with van der Waals surface area (Å²) in [6.07, 6.45) is -0.0675. The van der Waals surface area contributed by atoms with E-state index < -0.39 is 11.9 Å². The smallest absolute Gasteiger partial charge is 0.336 e. The topological polar surface area (TPSA) is 76.2 Å². The number of nitrogens with zero attached hydrogens (tertiary/aromatic N) is 2. The zero-order chi connectivity index (χ0) is 22.7. The van der Waals surface area contributed by atoms with Crippen molar-refractivity contribution >= 4 is 29.4 Å². The number of halogens is 1. The van der Waals surface area contributed by atoms with Crippen LogP contribution in [0.2, 0.25) is 5.02 Å². The van der Waals surface area contributed by atoms with Crippen molar-refractivity contribution < 1.29 is 23.9 Å². The SMILES string of the molecule is CCOC(=O)C1=C(C)N(CC(=O)N2CC(C)OC(C)C2)C(=O)CC1c1cccc(Cl)c1. The standard InChI is InChI=1S/C23H29ClN2O5/c1-5-30-23(29)22-16(4)26(13-21(28)25-11-14(2)31-15(3)12-25)20(27)10-19(22)17-7-6-8-18(24)9-17/h6-9,14-15,19H,5,10-13H2,1-4H3. The van der Waals surface area contributed by atoms with Gasteiger partial charge in [-0.1, -0.05) is 23.7 Å². The fourth-order valence-corrected chi connectivity index (χ4v) is 4.50. The van der Waals surface area contributed by atoms with Gasteiger partial charge >= 0.3 is 5.97 Å². The van der Waals surface area contributed by atoms with Crippen LogP contribution < -0.4 is 0 Å². The van der Waals surface area contributed by atoms with E-state index in [4.69, 9.17) is 21.1 Å². The Bertz CT molecular complexity index is 890. The Balaban J connectivity index is 1.91. The Morgan fingerprint density at radius 3 is 2.52 bits per heavy atom. The Labute approximate surface area is 187 Å². The molecule has 8 heteroatoms. The number of hydrogen-bond donors (Lipinski definition) is 0. The summed E-state index contributed by atoms with van der Waals surface area (Å²) in [5.41, 5.74) is 1.60. The van der Waals surface area contributed by atoms with Crippen molar-refractivity contribution in [2.45, 2.75) is 52.2 Å². The second-order valence-corrected chi connectivity index (χ2v) is 8.50. The summed E-state index contributed by atoms with van der Waals surface area (Å²) in [5, 5.41) is 0.527. The number of ether oxygens (including phenoxy) is 2. The molecule has 168 valence electrons. The summed E-state index contributed by atoms with van der Waals surface area (Å²) < 4.78 is 11.0. The average Bonchev–Trinajstić information content (AvgIpc) is 2.69. The van der Waals surface area contributed by atoms with Crippen LogP contribution in [-0.4, -0.2) is 66.0 Å². The van der Waals surface area contributed by atoms with Gasteiger partial charge in [0.2, 0.25) is 11.8 Å². The molecule has 0 saturated carbocycles. The third-order valence-corrected chi connectivity index (χ3v) is 5.87. The molecule has 2 aliphatic heterocycles. The number of carbonyl (C=O) groups is 3. The summed E-state index contributed by atoms with van der Waals surface area (Å²) in [4.78, 5) is 42.0. The van der Waals surface area contributed by atoms with E-state index in [1.54, 1.807) is 36.9 Å². The third kappa shape index (κ3) is 5.28. The van der Waals surface area contributed by atoms with Gasteiger partial charge in [0.1, 0.15) is 6.54 Å². The highest BCUT2D eigenvalue weighted by atomic mass is 35.5. The van der Waals surface area contributed by atoms with E-state index in [1.807, 2.05) is 19.9 Å². The Hall–Kier alpha value is -2.38. The van der Waals surface area contributed by atoms with E-state index in [0.29, 0.717) is 29.4 Å². The number of morpholine rings is 1. The molecule has 1 fully saturated rings. The number of allylic oxidation sites excluding steroid dienone is 1. The van der Waals surface area contributed by atoms with Crippen LogP contribution in [0.5, 0.6) is 0 Å². The van der Waals surface area contributed by atoms with E-state index in [0.717, 1.165) is 5.56 Å². The first kappa shape index (κ1) is 23.3. The fourth-order valence-electron chi connectivity index (χ4n) is 4.30. The number of carbonyl (C=O) groups excluding carboxylic acids is 3. The Morgan fingerprint density at radius 1 is 1.23 bits per heavy atom. The molecule has 1 aromatic carbocycles. The van der Waals surface area contributed by atoms with Crippen LogP contribution in [0.25, 0.3) is 0 Å². The van der Waals surface area contributed by atoms with Crippen molar-refractivity contribution in [1.82, 2.24) is 9.80 Å². The molecule has 0 bridgehead atoms. The van der Waals surface area contributed by atoms with Crippen molar-refractivity contribution in [1.29, 1.82) is 0 Å². The molecule has 1 aromatic rings. The first-order valence-corrected chi connectivity index (χ1v) is 11.0. The van der Waals surface area contributed by atoms with Crippen molar-refractivity contribution in [2.75, 3.05) is 26.2 Å². The molecule has 0 spiro atoms. The Kier molecular flexibility index (Phi) is 7.38. The largest absolute Gasteiger partial charge is 0.463 e. The van der Waals surface area contributed by atoms with Crippen molar-refractivity contribution in [3.63, 3.8) is 0 Å². The molecule has 0 aliphatic carbocycles. The molecule has 0 N–H and O–H groups in total. The first-order valence-electron chi connectivity index (χ1n) is 10.6. The van der Waals surface area contributed by atoms with E-state index in [9.17, 15) is 14.4 Å². The normalized spacial score (nSPS) is 24.4. The minimum Gasteiger partial charge on any atom is -0.463 e. The highest BCUT2D eigenvalue weighted by Crippen LogP contribution is 2.37. The van der Waals surface area contributed by atoms with E-state index in [2.05, 4.69) is 0 Å². The third-order valence-electron chi connectivity index (χ3n) is 5.64. The summed E-state index contributed by atoms with van der Waals surface area (Å²) in [6.45, 7) is 8.32. The number of benzene rings is 1. The van der Waals surface area contributed by atoms with Crippen LogP contribution >= 0.6 is 11.6 Å². The lowest BCUT2D eigenvalue weighted by molar-refractivity contribution is -0.148. The zero-order valence-corrected chi connectivity index (χ0v) is 19.1. The maximum atomic E-state index is 13.1. The van der Waals surface area contributed by atoms with Crippen LogP contribution in [0.1, 0.15) is 45.6 Å². The second kappa shape index (κ2) is 9.83. The van der Waals surface area contributed by atoms with E-state index in [-0.39, 0.29) is 43.6 Å². The lowest BCUT2D eigenvalue weighted by Crippen LogP contribution is -2.52. The molecular weight excluding hydrogens is 420 g/mol. The van der Waals surface area contributed by atoms with Crippen LogP contribution in [-0.2, 0) is 23.9 Å². The molecule has 7 nitrogen and oxygen atoms in total. The van der Waals surface area contributed by atoms with Gasteiger partial charge in [-0.2, -0.15) is 0 Å². The predicted molar refractivity (Wildman–Crippen MR) is 116 cm³/mol. The minimum absolute atomic E-state index is 0.0645. The molecule has 2 heterocycles. The minimum atomic E-state index is -0.483. The maximum Gasteiger partial charge on any atom is 0.336 e. The summed E-state index contributed by atoms with van der Waals surface area (Å²) in [6, 6.07) is 7.12. The molecule has 3 rings (SSSR count). The predicted octanol–water partition coefficient (Wildman–Crippen LogP) is 3.13. The molecule has 1 saturated heterocycles. The molecular formula is C23H29ClN2O5. The number of amides is 2. The van der Waals surface area contributed by atoms with Gasteiger partial charge in [-0.05, 0) is 45.4 Å². The highest BCUT2D eigenvalue weighted by molar-refractivity contribution is 6.30. The van der Waals surface area contributed by atoms with Gasteiger partial charge in [0.25, 0.3) is 0 Å². The van der Waals surface area contributed by atoms with Crippen molar-refractivity contribution in [3.8, 4) is 0 Å². The van der Waals surface area contributed by atoms with Crippen LogP contribution in [0.4, 0.5) is 0 Å². The number of rotatable bonds is 5. The fraction of sp³-hybridized carbons (Fsp3) is 0.522. The molecule has 0 aromatic heterocycles. The number of esters is 1. The molecule has 3 atom stereocenters. The molecule has 2 aliphatic rings. The van der Waals surface area contributed by atoms with Gasteiger partial charge in [0.05, 0.1) is 24.4 Å². The molecule has 2 amide bonds. The zero-order valence-electron chi connectivity index (χ0n) is 18.4. The lowest BCUT2D eigenvalue weighted by atomic mass is 9.83. The van der Waals surface area contributed by atoms with Gasteiger partial charge in [-0.25, -0.2) is 4.79 Å². The summed E-state index contributed by atoms with van der Waals surface area (Å²) in [7, 11) is 0. The van der Waals surface area contributed by atoms with Gasteiger partial charge < -0.3 is 19.3 Å². The van der Waals surface area contributed by atoms with Gasteiger partial charge in [0, 0.05) is 36.1 Å². The second-order valence-electron chi connectivity index (χ2n) is 8.07. The highest BCUT2D eigenvalue weighted by Gasteiger charge is 2.38. The van der Waals surface area contributed by atoms with Crippen LogP contribution in [0.15, 0.2) is 35.5 Å². The summed E-state index contributed by atoms with van der Waals surface area (Å²) >= 11 is 6.14. The maximum absolute atomic E-state index is 13.1. The first-order chi connectivity index (χ1) is 14.7. The molecule has 3 unspecified atom stereocenters. The van der Waals surface area contributed by atoms with Crippen molar-refractivity contribution in [3.05, 3.63) is 46.1 Å². The number of hydrogen-bond acceptors (Lipinski definition) is 5. The molecule has 31 heavy (non-hydrogen) atoms. The Morgan fingerprint density at radius 2 is 1.90 bits per heavy atom. The quantitative estimate of drug-likeness (QED) is 0.647. The van der Waals surface area contributed by atoms with Gasteiger partial charge in [-0.15, -0.1) is 0 Å². The van der Waals surface area contributed by atoms with E-state index in [1.165, 1.54) is 4.90 Å². The van der Waals surface area contributed by atoms with Crippen LogP contribution in [0, 0.1) is 0 Å². The van der Waals surface area contributed by atoms with Gasteiger partial charge in [0.15, 0.2) is 0 Å². The molecule has 0 radical (unpaired) electrons. The van der Waals surface area contributed by atoms with E-state index >= 15 is 0 Å². The van der Waals surface area contributed by atoms with Crippen LogP contribution in [0.3, 0.4) is 0 Å².